The smallest absolute Gasteiger partial charge is 0.176 e. The van der Waals surface area contributed by atoms with E-state index in [0.717, 1.165) is 6.29 Å². The maximum absolute atomic E-state index is 12.2. The highest BCUT2D eigenvalue weighted by atomic mass is 32.2. The van der Waals surface area contributed by atoms with Crippen molar-refractivity contribution in [2.45, 2.75) is 4.90 Å². The Hall–Kier alpha value is -2.20. The minimum absolute atomic E-state index is 0.286. The molecule has 0 saturated heterocycles. The lowest BCUT2D eigenvalue weighted by Gasteiger charge is -2.12. The van der Waals surface area contributed by atoms with Crippen LogP contribution in [0.5, 0.6) is 0 Å². The van der Waals surface area contributed by atoms with E-state index < -0.39 is 9.84 Å². The molecule has 3 aromatic rings. The van der Waals surface area contributed by atoms with Crippen LogP contribution in [-0.4, -0.2) is 21.0 Å². The van der Waals surface area contributed by atoms with Crippen LogP contribution < -0.4 is 0 Å². The van der Waals surface area contributed by atoms with Crippen LogP contribution in [0.1, 0.15) is 10.4 Å². The van der Waals surface area contributed by atoms with E-state index in [0.29, 0.717) is 27.1 Å². The van der Waals surface area contributed by atoms with Crippen LogP contribution in [0.3, 0.4) is 0 Å². The molecule has 0 aliphatic heterocycles. The summed E-state index contributed by atoms with van der Waals surface area (Å²) in [4.78, 5) is 11.7. The van der Waals surface area contributed by atoms with E-state index in [1.165, 1.54) is 6.26 Å². The predicted molar refractivity (Wildman–Crippen MR) is 80.0 cm³/mol. The first-order chi connectivity index (χ1) is 9.54. The molecule has 3 nitrogen and oxygen atoms in total. The average molecular weight is 284 g/mol. The number of benzene rings is 3. The second-order valence-corrected chi connectivity index (χ2v) is 6.68. The van der Waals surface area contributed by atoms with E-state index in [-0.39, 0.29) is 4.90 Å². The second-order valence-electron chi connectivity index (χ2n) is 4.72. The summed E-state index contributed by atoms with van der Waals surface area (Å²) in [5.41, 5.74) is 0.531. The zero-order valence-electron chi connectivity index (χ0n) is 10.8. The summed E-state index contributed by atoms with van der Waals surface area (Å²) >= 11 is 0. The van der Waals surface area contributed by atoms with E-state index in [9.17, 15) is 13.2 Å². The highest BCUT2D eigenvalue weighted by Gasteiger charge is 2.19. The summed E-state index contributed by atoms with van der Waals surface area (Å²) < 4.78 is 24.3. The first kappa shape index (κ1) is 12.8. The molecule has 0 unspecified atom stereocenters. The topological polar surface area (TPSA) is 51.2 Å². The maximum Gasteiger partial charge on any atom is 0.176 e. The Kier molecular flexibility index (Phi) is 2.83. The van der Waals surface area contributed by atoms with Crippen LogP contribution >= 0.6 is 0 Å². The fourth-order valence-electron chi connectivity index (χ4n) is 2.65. The SMILES string of the molecule is CS(=O)(=O)c1c2ccccc2c(C=O)c2ccccc12. The molecule has 0 aliphatic rings. The highest BCUT2D eigenvalue weighted by Crippen LogP contribution is 2.34. The number of carbonyl (C=O) groups is 1. The Morgan fingerprint density at radius 1 is 0.800 bits per heavy atom. The molecule has 20 heavy (non-hydrogen) atoms. The first-order valence-corrected chi connectivity index (χ1v) is 8.02. The zero-order chi connectivity index (χ0) is 14.3. The molecular formula is C16H12O3S. The molecule has 0 N–H and O–H groups in total. The molecule has 0 fully saturated rings. The van der Waals surface area contributed by atoms with Crippen LogP contribution in [0, 0.1) is 0 Å². The molecule has 0 radical (unpaired) electrons. The lowest BCUT2D eigenvalue weighted by Crippen LogP contribution is -2.02. The largest absolute Gasteiger partial charge is 0.298 e. The molecule has 3 aromatic carbocycles. The van der Waals surface area contributed by atoms with Gasteiger partial charge in [0.05, 0.1) is 4.90 Å². The van der Waals surface area contributed by atoms with Gasteiger partial charge in [-0.1, -0.05) is 48.5 Å². The first-order valence-electron chi connectivity index (χ1n) is 6.12. The van der Waals surface area contributed by atoms with Gasteiger partial charge in [-0.2, -0.15) is 0 Å². The van der Waals surface area contributed by atoms with E-state index in [1.807, 2.05) is 0 Å². The van der Waals surface area contributed by atoms with Crippen molar-refractivity contribution >= 4 is 37.7 Å². The molecule has 0 heterocycles. The lowest BCUT2D eigenvalue weighted by atomic mass is 9.97. The van der Waals surface area contributed by atoms with Crippen LogP contribution in [-0.2, 0) is 9.84 Å². The molecule has 0 atom stereocenters. The summed E-state index contributed by atoms with van der Waals surface area (Å²) in [6.45, 7) is 0. The molecule has 0 amide bonds. The number of hydrogen-bond acceptors (Lipinski definition) is 3. The summed E-state index contributed by atoms with van der Waals surface area (Å²) in [6, 6.07) is 14.2. The van der Waals surface area contributed by atoms with Crippen LogP contribution in [0.4, 0.5) is 0 Å². The summed E-state index contributed by atoms with van der Waals surface area (Å²) in [6.07, 6.45) is 1.98. The normalized spacial score (nSPS) is 11.8. The van der Waals surface area contributed by atoms with Crippen molar-refractivity contribution in [2.75, 3.05) is 6.26 Å². The number of fused-ring (bicyclic) bond motifs is 2. The van der Waals surface area contributed by atoms with Gasteiger partial charge in [0.15, 0.2) is 16.1 Å². The van der Waals surface area contributed by atoms with Crippen molar-refractivity contribution in [3.63, 3.8) is 0 Å². The molecule has 0 saturated carbocycles. The number of rotatable bonds is 2. The van der Waals surface area contributed by atoms with Crippen molar-refractivity contribution in [3.8, 4) is 0 Å². The minimum Gasteiger partial charge on any atom is -0.298 e. The van der Waals surface area contributed by atoms with E-state index in [4.69, 9.17) is 0 Å². The molecule has 0 bridgehead atoms. The Balaban J connectivity index is 2.75. The van der Waals surface area contributed by atoms with Gasteiger partial charge >= 0.3 is 0 Å². The van der Waals surface area contributed by atoms with Crippen molar-refractivity contribution in [3.05, 3.63) is 54.1 Å². The standard InChI is InChI=1S/C16H12O3S/c1-20(18,19)16-13-8-4-2-6-11(13)15(10-17)12-7-3-5-9-14(12)16/h2-10H,1H3. The monoisotopic (exact) mass is 284 g/mol. The van der Waals surface area contributed by atoms with Crippen molar-refractivity contribution in [1.29, 1.82) is 0 Å². The van der Waals surface area contributed by atoms with Crippen LogP contribution in [0.2, 0.25) is 0 Å². The van der Waals surface area contributed by atoms with Crippen molar-refractivity contribution in [1.82, 2.24) is 0 Å². The molecule has 4 heteroatoms. The van der Waals surface area contributed by atoms with Gasteiger partial charge < -0.3 is 0 Å². The molecule has 0 aliphatic carbocycles. The Bertz CT molecular complexity index is 884. The molecular weight excluding hydrogens is 272 g/mol. The quantitative estimate of drug-likeness (QED) is 0.536. The lowest BCUT2D eigenvalue weighted by molar-refractivity contribution is 0.112. The Labute approximate surface area is 116 Å². The van der Waals surface area contributed by atoms with Crippen LogP contribution in [0.15, 0.2) is 53.4 Å². The van der Waals surface area contributed by atoms with Gasteiger partial charge in [0.25, 0.3) is 0 Å². The fourth-order valence-corrected chi connectivity index (χ4v) is 3.80. The maximum atomic E-state index is 12.2. The van der Waals surface area contributed by atoms with Gasteiger partial charge in [0, 0.05) is 22.6 Å². The van der Waals surface area contributed by atoms with Crippen molar-refractivity contribution in [2.24, 2.45) is 0 Å². The summed E-state index contributed by atoms with van der Waals surface area (Å²) in [5.74, 6) is 0. The third kappa shape index (κ3) is 1.80. The van der Waals surface area contributed by atoms with Gasteiger partial charge in [-0.15, -0.1) is 0 Å². The third-order valence-corrected chi connectivity index (χ3v) is 4.59. The fraction of sp³-hybridized carbons (Fsp3) is 0.0625. The summed E-state index contributed by atoms with van der Waals surface area (Å²) in [5, 5.41) is 2.52. The highest BCUT2D eigenvalue weighted by molar-refractivity contribution is 7.91. The van der Waals surface area contributed by atoms with Gasteiger partial charge in [0.1, 0.15) is 0 Å². The van der Waals surface area contributed by atoms with Crippen molar-refractivity contribution < 1.29 is 13.2 Å². The molecule has 0 spiro atoms. The Morgan fingerprint density at radius 3 is 1.55 bits per heavy atom. The predicted octanol–water partition coefficient (Wildman–Crippen LogP) is 3.21. The molecule has 3 rings (SSSR count). The average Bonchev–Trinajstić information content (AvgIpc) is 2.43. The van der Waals surface area contributed by atoms with Gasteiger partial charge in [-0.25, -0.2) is 8.42 Å². The van der Waals surface area contributed by atoms with Gasteiger partial charge in [-0.3, -0.25) is 4.79 Å². The molecule has 0 aromatic heterocycles. The number of aldehydes is 1. The van der Waals surface area contributed by atoms with Gasteiger partial charge in [0.2, 0.25) is 0 Å². The van der Waals surface area contributed by atoms with E-state index >= 15 is 0 Å². The number of sulfone groups is 1. The Morgan fingerprint density at radius 2 is 1.20 bits per heavy atom. The third-order valence-electron chi connectivity index (χ3n) is 3.41. The minimum atomic E-state index is -3.40. The zero-order valence-corrected chi connectivity index (χ0v) is 11.6. The van der Waals surface area contributed by atoms with E-state index in [2.05, 4.69) is 0 Å². The number of carbonyl (C=O) groups excluding carboxylic acids is 1. The van der Waals surface area contributed by atoms with E-state index in [1.54, 1.807) is 48.5 Å². The van der Waals surface area contributed by atoms with Crippen LogP contribution in [0.25, 0.3) is 21.5 Å². The van der Waals surface area contributed by atoms with Gasteiger partial charge in [-0.05, 0) is 10.8 Å². The summed E-state index contributed by atoms with van der Waals surface area (Å²) in [7, 11) is -3.40. The molecule has 100 valence electrons. The second kappa shape index (κ2) is 4.42. The number of hydrogen-bond donors (Lipinski definition) is 0.